The van der Waals surface area contributed by atoms with Crippen molar-refractivity contribution >= 4 is 11.5 Å². The van der Waals surface area contributed by atoms with Gasteiger partial charge in [0.2, 0.25) is 0 Å². The van der Waals surface area contributed by atoms with Gasteiger partial charge in [0.15, 0.2) is 0 Å². The normalized spacial score (nSPS) is 17.2. The van der Waals surface area contributed by atoms with Crippen LogP contribution in [0.4, 0.5) is 11.5 Å². The first-order valence-electron chi connectivity index (χ1n) is 7.07. The predicted molar refractivity (Wildman–Crippen MR) is 76.8 cm³/mol. The molecule has 0 amide bonds. The second-order valence-electron chi connectivity index (χ2n) is 5.99. The van der Waals surface area contributed by atoms with Gasteiger partial charge in [-0.3, -0.25) is 0 Å². The Balaban J connectivity index is 2.09. The van der Waals surface area contributed by atoms with Crippen molar-refractivity contribution in [2.45, 2.75) is 59.4 Å². The van der Waals surface area contributed by atoms with Crippen LogP contribution in [0.5, 0.6) is 0 Å². The Hall–Kier alpha value is -1.19. The summed E-state index contributed by atoms with van der Waals surface area (Å²) in [6.07, 6.45) is 5.28. The largest absolute Gasteiger partial charge is 0.394 e. The summed E-state index contributed by atoms with van der Waals surface area (Å²) in [6.45, 7) is 9.53. The van der Waals surface area contributed by atoms with Gasteiger partial charge in [-0.1, -0.05) is 13.3 Å². The third-order valence-corrected chi connectivity index (χ3v) is 3.99. The Labute approximate surface area is 110 Å². The minimum Gasteiger partial charge on any atom is -0.394 e. The molecule has 0 unspecified atom stereocenters. The third kappa shape index (κ3) is 2.47. The lowest BCUT2D eigenvalue weighted by Gasteiger charge is -2.18. The van der Waals surface area contributed by atoms with Crippen molar-refractivity contribution in [3.05, 3.63) is 5.69 Å². The lowest BCUT2D eigenvalue weighted by atomic mass is 10.0. The Morgan fingerprint density at radius 1 is 1.44 bits per heavy atom. The zero-order valence-electron chi connectivity index (χ0n) is 12.1. The number of nitrogens with one attached hydrogen (secondary N) is 1. The van der Waals surface area contributed by atoms with Crippen molar-refractivity contribution in [1.29, 1.82) is 0 Å². The topological polar surface area (TPSA) is 55.9 Å². The summed E-state index contributed by atoms with van der Waals surface area (Å²) in [5, 5.41) is 8.05. The molecule has 1 aliphatic rings. The Morgan fingerprint density at radius 3 is 2.61 bits per heavy atom. The summed E-state index contributed by atoms with van der Waals surface area (Å²) in [7, 11) is 0. The molecule has 4 heteroatoms. The van der Waals surface area contributed by atoms with Gasteiger partial charge >= 0.3 is 0 Å². The van der Waals surface area contributed by atoms with Gasteiger partial charge in [0, 0.05) is 12.6 Å². The zero-order chi connectivity index (χ0) is 13.3. The number of nitrogen functional groups attached to an aromatic ring is 1. The molecule has 0 bridgehead atoms. The van der Waals surface area contributed by atoms with E-state index in [1.54, 1.807) is 0 Å². The minimum absolute atomic E-state index is 0.338. The molecule has 102 valence electrons. The summed E-state index contributed by atoms with van der Waals surface area (Å²) in [5.41, 5.74) is 8.37. The van der Waals surface area contributed by atoms with Crippen LogP contribution in [0.1, 0.15) is 58.2 Å². The summed E-state index contributed by atoms with van der Waals surface area (Å²) in [6, 6.07) is 0.338. The third-order valence-electron chi connectivity index (χ3n) is 3.99. The van der Waals surface area contributed by atoms with E-state index in [0.717, 1.165) is 23.7 Å². The van der Waals surface area contributed by atoms with E-state index in [0.29, 0.717) is 11.5 Å². The first kappa shape index (κ1) is 13.2. The van der Waals surface area contributed by atoms with Gasteiger partial charge in [-0.05, 0) is 45.4 Å². The summed E-state index contributed by atoms with van der Waals surface area (Å²) in [4.78, 5) is 0. The molecule has 18 heavy (non-hydrogen) atoms. The fourth-order valence-electron chi connectivity index (χ4n) is 2.60. The molecular formula is C14H26N4. The summed E-state index contributed by atoms with van der Waals surface area (Å²) < 4.78 is 2.01. The van der Waals surface area contributed by atoms with Crippen molar-refractivity contribution in [3.8, 4) is 0 Å². The van der Waals surface area contributed by atoms with Crippen molar-refractivity contribution < 1.29 is 0 Å². The number of anilines is 2. The quantitative estimate of drug-likeness (QED) is 0.814. The Morgan fingerprint density at radius 2 is 2.11 bits per heavy atom. The van der Waals surface area contributed by atoms with Crippen molar-refractivity contribution in [2.24, 2.45) is 5.41 Å². The highest BCUT2D eigenvalue weighted by atomic mass is 15.4. The van der Waals surface area contributed by atoms with Crippen LogP contribution in [-0.4, -0.2) is 16.3 Å². The molecule has 0 spiro atoms. The van der Waals surface area contributed by atoms with E-state index in [1.165, 1.54) is 25.7 Å². The van der Waals surface area contributed by atoms with Crippen LogP contribution < -0.4 is 11.1 Å². The van der Waals surface area contributed by atoms with Crippen LogP contribution in [0.3, 0.4) is 0 Å². The van der Waals surface area contributed by atoms with E-state index in [1.807, 2.05) is 11.6 Å². The van der Waals surface area contributed by atoms with Crippen molar-refractivity contribution in [3.63, 3.8) is 0 Å². The van der Waals surface area contributed by atoms with Crippen LogP contribution in [0.25, 0.3) is 0 Å². The molecule has 1 fully saturated rings. The van der Waals surface area contributed by atoms with Gasteiger partial charge in [-0.15, -0.1) is 0 Å². The van der Waals surface area contributed by atoms with Crippen molar-refractivity contribution in [1.82, 2.24) is 9.78 Å². The minimum atomic E-state index is 0.338. The second kappa shape index (κ2) is 4.82. The molecule has 1 saturated carbocycles. The maximum absolute atomic E-state index is 6.12. The molecule has 1 aromatic heterocycles. The number of rotatable bonds is 6. The molecule has 0 saturated heterocycles. The molecule has 0 aromatic carbocycles. The van der Waals surface area contributed by atoms with Gasteiger partial charge < -0.3 is 11.1 Å². The second-order valence-corrected chi connectivity index (χ2v) is 5.99. The highest BCUT2D eigenvalue weighted by Gasteiger charge is 2.41. The molecule has 0 radical (unpaired) electrons. The molecule has 0 atom stereocenters. The smallest absolute Gasteiger partial charge is 0.148 e. The SMILES string of the molecule is CCCC1(CNc2c(N)c(C)nn2C(C)C)CC1. The van der Waals surface area contributed by atoms with E-state index in [2.05, 4.69) is 31.2 Å². The fourth-order valence-corrected chi connectivity index (χ4v) is 2.60. The van der Waals surface area contributed by atoms with Gasteiger partial charge in [0.1, 0.15) is 5.82 Å². The highest BCUT2D eigenvalue weighted by molar-refractivity contribution is 5.65. The van der Waals surface area contributed by atoms with E-state index in [9.17, 15) is 0 Å². The molecule has 0 aliphatic heterocycles. The number of nitrogens with two attached hydrogens (primary N) is 1. The van der Waals surface area contributed by atoms with Gasteiger partial charge in [0.25, 0.3) is 0 Å². The first-order chi connectivity index (χ1) is 8.49. The molecule has 1 heterocycles. The highest BCUT2D eigenvalue weighted by Crippen LogP contribution is 2.49. The number of aryl methyl sites for hydroxylation is 1. The predicted octanol–water partition coefficient (Wildman–Crippen LogP) is 3.35. The molecule has 1 aliphatic carbocycles. The Bertz CT molecular complexity index is 416. The standard InChI is InChI=1S/C14H26N4/c1-5-6-14(7-8-14)9-16-13-12(15)11(4)17-18(13)10(2)3/h10,16H,5-9,15H2,1-4H3. The van der Waals surface area contributed by atoms with Crippen LogP contribution >= 0.6 is 0 Å². The number of nitrogens with zero attached hydrogens (tertiary/aromatic N) is 2. The zero-order valence-corrected chi connectivity index (χ0v) is 12.1. The average molecular weight is 250 g/mol. The number of aromatic nitrogens is 2. The molecule has 4 nitrogen and oxygen atoms in total. The van der Waals surface area contributed by atoms with E-state index in [4.69, 9.17) is 5.73 Å². The average Bonchev–Trinajstić information content (AvgIpc) is 3.01. The van der Waals surface area contributed by atoms with Gasteiger partial charge in [-0.25, -0.2) is 4.68 Å². The summed E-state index contributed by atoms with van der Waals surface area (Å²) in [5.74, 6) is 1.00. The maximum atomic E-state index is 6.12. The lowest BCUT2D eigenvalue weighted by molar-refractivity contribution is 0.478. The Kier molecular flexibility index (Phi) is 3.55. The molecular weight excluding hydrogens is 224 g/mol. The fraction of sp³-hybridized carbons (Fsp3) is 0.786. The molecule has 2 rings (SSSR count). The van der Waals surface area contributed by atoms with Crippen molar-refractivity contribution in [2.75, 3.05) is 17.6 Å². The van der Waals surface area contributed by atoms with Crippen LogP contribution in [-0.2, 0) is 0 Å². The number of hydrogen-bond acceptors (Lipinski definition) is 3. The van der Waals surface area contributed by atoms with E-state index in [-0.39, 0.29) is 0 Å². The lowest BCUT2D eigenvalue weighted by Crippen LogP contribution is -2.19. The maximum Gasteiger partial charge on any atom is 0.148 e. The van der Waals surface area contributed by atoms with Crippen LogP contribution in [0.15, 0.2) is 0 Å². The van der Waals surface area contributed by atoms with Gasteiger partial charge in [-0.2, -0.15) is 5.10 Å². The monoisotopic (exact) mass is 250 g/mol. The summed E-state index contributed by atoms with van der Waals surface area (Å²) >= 11 is 0. The van der Waals surface area contributed by atoms with E-state index >= 15 is 0 Å². The first-order valence-corrected chi connectivity index (χ1v) is 7.07. The van der Waals surface area contributed by atoms with Crippen LogP contribution in [0.2, 0.25) is 0 Å². The van der Waals surface area contributed by atoms with Gasteiger partial charge in [0.05, 0.1) is 11.4 Å². The number of hydrogen-bond donors (Lipinski definition) is 2. The van der Waals surface area contributed by atoms with Crippen LogP contribution in [0, 0.1) is 12.3 Å². The van der Waals surface area contributed by atoms with E-state index < -0.39 is 0 Å². The molecule has 1 aromatic rings. The molecule has 3 N–H and O–H groups in total.